The van der Waals surface area contributed by atoms with Gasteiger partial charge in [-0.15, -0.1) is 0 Å². The van der Waals surface area contributed by atoms with E-state index in [0.717, 1.165) is 13.0 Å². The van der Waals surface area contributed by atoms with Crippen LogP contribution in [-0.4, -0.2) is 35.1 Å². The van der Waals surface area contributed by atoms with Gasteiger partial charge in [-0.05, 0) is 36.5 Å². The van der Waals surface area contributed by atoms with E-state index >= 15 is 0 Å². The van der Waals surface area contributed by atoms with E-state index in [1.807, 2.05) is 0 Å². The van der Waals surface area contributed by atoms with Crippen molar-refractivity contribution in [2.24, 2.45) is 10.8 Å². The maximum Gasteiger partial charge on any atom is 0.222 e. The van der Waals surface area contributed by atoms with Crippen LogP contribution in [0.2, 0.25) is 0 Å². The molecule has 2 bridgehead atoms. The first-order valence-corrected chi connectivity index (χ1v) is 6.76. The maximum absolute atomic E-state index is 12.1. The third kappa shape index (κ3) is 2.65. The minimum absolute atomic E-state index is 0.118. The fourth-order valence-corrected chi connectivity index (χ4v) is 4.13. The Balaban J connectivity index is 2.05. The molecule has 17 heavy (non-hydrogen) atoms. The number of amides is 1. The molecule has 1 N–H and O–H groups in total. The van der Waals surface area contributed by atoms with Gasteiger partial charge in [0, 0.05) is 25.6 Å². The highest BCUT2D eigenvalue weighted by Crippen LogP contribution is 2.52. The molecule has 0 radical (unpaired) electrons. The van der Waals surface area contributed by atoms with Gasteiger partial charge in [-0.2, -0.15) is 0 Å². The topological polar surface area (TPSA) is 40.5 Å². The highest BCUT2D eigenvalue weighted by Gasteiger charge is 2.50. The monoisotopic (exact) mass is 239 g/mol. The van der Waals surface area contributed by atoms with Crippen LogP contribution in [0.15, 0.2) is 0 Å². The van der Waals surface area contributed by atoms with Crippen LogP contribution in [0, 0.1) is 10.8 Å². The summed E-state index contributed by atoms with van der Waals surface area (Å²) in [6.45, 7) is 8.00. The Morgan fingerprint density at radius 3 is 2.71 bits per heavy atom. The molecule has 0 aromatic rings. The number of hydrogen-bond donors (Lipinski definition) is 1. The Labute approximate surface area is 104 Å². The summed E-state index contributed by atoms with van der Waals surface area (Å²) in [4.78, 5) is 14.2. The molecule has 98 valence electrons. The third-order valence-corrected chi connectivity index (χ3v) is 4.28. The van der Waals surface area contributed by atoms with Crippen molar-refractivity contribution < 1.29 is 9.90 Å². The van der Waals surface area contributed by atoms with Crippen LogP contribution in [0.5, 0.6) is 0 Å². The van der Waals surface area contributed by atoms with Gasteiger partial charge in [0.2, 0.25) is 5.91 Å². The molecule has 1 saturated heterocycles. The fraction of sp³-hybridized carbons (Fsp3) is 0.929. The predicted octanol–water partition coefficient (Wildman–Crippen LogP) is 2.19. The first-order valence-electron chi connectivity index (χ1n) is 6.76. The van der Waals surface area contributed by atoms with E-state index in [-0.39, 0.29) is 12.5 Å². The zero-order valence-corrected chi connectivity index (χ0v) is 11.3. The Hall–Kier alpha value is -0.570. The summed E-state index contributed by atoms with van der Waals surface area (Å²) in [5.41, 5.74) is 0.685. The molecular formula is C14H25NO2. The van der Waals surface area contributed by atoms with Gasteiger partial charge in [0.1, 0.15) is 0 Å². The average molecular weight is 239 g/mol. The number of aliphatic hydroxyl groups is 1. The van der Waals surface area contributed by atoms with Crippen LogP contribution < -0.4 is 0 Å². The molecule has 2 fully saturated rings. The number of rotatable bonds is 3. The number of aliphatic hydroxyl groups excluding tert-OH is 1. The minimum atomic E-state index is 0.118. The molecule has 1 amide bonds. The summed E-state index contributed by atoms with van der Waals surface area (Å²) in [7, 11) is 0. The second-order valence-corrected chi connectivity index (χ2v) is 7.06. The Morgan fingerprint density at radius 2 is 2.06 bits per heavy atom. The minimum Gasteiger partial charge on any atom is -0.396 e. The standard InChI is InChI=1S/C14H25NO2/c1-13(2)7-11-8-14(3,9-13)10-15(11)12(17)5-4-6-16/h11,16H,4-10H2,1-3H3. The molecule has 1 aliphatic heterocycles. The van der Waals surface area contributed by atoms with Gasteiger partial charge in [0.05, 0.1) is 0 Å². The van der Waals surface area contributed by atoms with E-state index in [4.69, 9.17) is 5.11 Å². The second-order valence-electron chi connectivity index (χ2n) is 7.06. The summed E-state index contributed by atoms with van der Waals surface area (Å²) in [6, 6.07) is 0.440. The molecular weight excluding hydrogens is 214 g/mol. The quantitative estimate of drug-likeness (QED) is 0.820. The lowest BCUT2D eigenvalue weighted by Crippen LogP contribution is -2.37. The summed E-state index contributed by atoms with van der Waals surface area (Å²) in [5.74, 6) is 0.241. The second kappa shape index (κ2) is 4.27. The first kappa shape index (κ1) is 12.9. The van der Waals surface area contributed by atoms with Crippen LogP contribution in [0.3, 0.4) is 0 Å². The molecule has 2 atom stereocenters. The SMILES string of the molecule is CC1(C)CC2CC(C)(CN2C(=O)CCCO)C1. The molecule has 0 aromatic carbocycles. The number of carbonyl (C=O) groups is 1. The molecule has 1 heterocycles. The van der Waals surface area contributed by atoms with Crippen molar-refractivity contribution in [1.29, 1.82) is 0 Å². The van der Waals surface area contributed by atoms with E-state index in [1.54, 1.807) is 0 Å². The summed E-state index contributed by atoms with van der Waals surface area (Å²) < 4.78 is 0. The molecule has 3 heteroatoms. The first-order chi connectivity index (χ1) is 7.85. The summed E-state index contributed by atoms with van der Waals surface area (Å²) in [5, 5.41) is 8.81. The summed E-state index contributed by atoms with van der Waals surface area (Å²) >= 11 is 0. The molecule has 1 aliphatic carbocycles. The lowest BCUT2D eigenvalue weighted by atomic mass is 9.65. The van der Waals surface area contributed by atoms with Gasteiger partial charge in [-0.1, -0.05) is 20.8 Å². The molecule has 2 rings (SSSR count). The lowest BCUT2D eigenvalue weighted by Gasteiger charge is -2.39. The number of hydrogen-bond acceptors (Lipinski definition) is 2. The van der Waals surface area contributed by atoms with Gasteiger partial charge in [0.15, 0.2) is 0 Å². The van der Waals surface area contributed by atoms with E-state index in [0.29, 0.717) is 29.7 Å². The fourth-order valence-electron chi connectivity index (χ4n) is 4.13. The van der Waals surface area contributed by atoms with E-state index < -0.39 is 0 Å². The van der Waals surface area contributed by atoms with Gasteiger partial charge in [0.25, 0.3) is 0 Å². The predicted molar refractivity (Wildman–Crippen MR) is 67.6 cm³/mol. The molecule has 1 saturated carbocycles. The largest absolute Gasteiger partial charge is 0.396 e. The average Bonchev–Trinajstić information content (AvgIpc) is 2.44. The van der Waals surface area contributed by atoms with Crippen LogP contribution >= 0.6 is 0 Å². The zero-order valence-electron chi connectivity index (χ0n) is 11.3. The van der Waals surface area contributed by atoms with Crippen LogP contribution in [0.1, 0.15) is 52.9 Å². The van der Waals surface area contributed by atoms with Crippen molar-refractivity contribution in [2.75, 3.05) is 13.2 Å². The maximum atomic E-state index is 12.1. The smallest absolute Gasteiger partial charge is 0.222 e. The number of carbonyl (C=O) groups excluding carboxylic acids is 1. The van der Waals surface area contributed by atoms with Crippen LogP contribution in [-0.2, 0) is 4.79 Å². The number of likely N-dealkylation sites (tertiary alicyclic amines) is 1. The Bertz CT molecular complexity index is 313. The number of fused-ring (bicyclic) bond motifs is 2. The Kier molecular flexibility index (Phi) is 3.23. The highest BCUT2D eigenvalue weighted by atomic mass is 16.3. The van der Waals surface area contributed by atoms with E-state index in [1.165, 1.54) is 12.8 Å². The molecule has 2 unspecified atom stereocenters. The van der Waals surface area contributed by atoms with Crippen molar-refractivity contribution in [1.82, 2.24) is 4.90 Å². The van der Waals surface area contributed by atoms with E-state index in [9.17, 15) is 4.79 Å². The van der Waals surface area contributed by atoms with Crippen molar-refractivity contribution in [3.8, 4) is 0 Å². The van der Waals surface area contributed by atoms with Gasteiger partial charge in [-0.25, -0.2) is 0 Å². The molecule has 2 aliphatic rings. The third-order valence-electron chi connectivity index (χ3n) is 4.28. The number of nitrogens with zero attached hydrogens (tertiary/aromatic N) is 1. The van der Waals surface area contributed by atoms with Crippen molar-refractivity contribution in [3.63, 3.8) is 0 Å². The van der Waals surface area contributed by atoms with Gasteiger partial charge >= 0.3 is 0 Å². The van der Waals surface area contributed by atoms with E-state index in [2.05, 4.69) is 25.7 Å². The molecule has 0 aromatic heterocycles. The van der Waals surface area contributed by atoms with Crippen molar-refractivity contribution in [3.05, 3.63) is 0 Å². The van der Waals surface area contributed by atoms with Gasteiger partial charge in [-0.3, -0.25) is 4.79 Å². The van der Waals surface area contributed by atoms with Crippen molar-refractivity contribution in [2.45, 2.75) is 58.9 Å². The lowest BCUT2D eigenvalue weighted by molar-refractivity contribution is -0.132. The van der Waals surface area contributed by atoms with Gasteiger partial charge < -0.3 is 10.0 Å². The van der Waals surface area contributed by atoms with Crippen LogP contribution in [0.4, 0.5) is 0 Å². The zero-order chi connectivity index (χ0) is 12.7. The normalized spacial score (nSPS) is 35.1. The van der Waals surface area contributed by atoms with Crippen molar-refractivity contribution >= 4 is 5.91 Å². The Morgan fingerprint density at radius 1 is 1.35 bits per heavy atom. The highest BCUT2D eigenvalue weighted by molar-refractivity contribution is 5.77. The molecule has 0 spiro atoms. The van der Waals surface area contributed by atoms with Crippen LogP contribution in [0.25, 0.3) is 0 Å². The summed E-state index contributed by atoms with van der Waals surface area (Å²) in [6.07, 6.45) is 4.63. The molecule has 3 nitrogen and oxygen atoms in total.